The molecule has 1 fully saturated rings. The van der Waals surface area contributed by atoms with E-state index in [1.165, 1.54) is 0 Å². The maximum Gasteiger partial charge on any atom is 0.168 e. The molecule has 1 aliphatic carbocycles. The zero-order valence-electron chi connectivity index (χ0n) is 9.38. The minimum atomic E-state index is -1.15. The van der Waals surface area contributed by atoms with Crippen LogP contribution in [0.15, 0.2) is 18.2 Å². The van der Waals surface area contributed by atoms with Crippen molar-refractivity contribution >= 4 is 29.0 Å². The first-order chi connectivity index (χ1) is 8.01. The first-order valence-electron chi connectivity index (χ1n) is 5.71. The fourth-order valence-corrected chi connectivity index (χ4v) is 2.63. The maximum absolute atomic E-state index is 12.0. The predicted molar refractivity (Wildman–Crippen MR) is 68.6 cm³/mol. The Bertz CT molecular complexity index is 437. The lowest BCUT2D eigenvalue weighted by molar-refractivity contribution is -0.136. The molecule has 0 heterocycles. The van der Waals surface area contributed by atoms with E-state index in [2.05, 4.69) is 0 Å². The Morgan fingerprint density at radius 1 is 1.29 bits per heavy atom. The molecule has 92 valence electrons. The van der Waals surface area contributed by atoms with Crippen LogP contribution in [0, 0.1) is 0 Å². The average molecular weight is 273 g/mol. The highest BCUT2D eigenvalue weighted by Crippen LogP contribution is 2.32. The average Bonchev–Trinajstić information content (AvgIpc) is 2.72. The third-order valence-corrected chi connectivity index (χ3v) is 3.91. The molecule has 1 saturated carbocycles. The molecule has 0 atom stereocenters. The van der Waals surface area contributed by atoms with Crippen LogP contribution in [-0.2, 0) is 11.2 Å². The van der Waals surface area contributed by atoms with E-state index >= 15 is 0 Å². The van der Waals surface area contributed by atoms with E-state index < -0.39 is 5.60 Å². The van der Waals surface area contributed by atoms with Gasteiger partial charge in [-0.15, -0.1) is 0 Å². The van der Waals surface area contributed by atoms with Crippen LogP contribution in [0.5, 0.6) is 0 Å². The van der Waals surface area contributed by atoms with E-state index in [4.69, 9.17) is 23.2 Å². The van der Waals surface area contributed by atoms with Gasteiger partial charge in [0, 0.05) is 16.5 Å². The predicted octanol–water partition coefficient (Wildman–Crippen LogP) is 3.41. The summed E-state index contributed by atoms with van der Waals surface area (Å²) in [6, 6.07) is 5.04. The summed E-state index contributed by atoms with van der Waals surface area (Å²) < 4.78 is 0. The Labute approximate surface area is 111 Å². The van der Waals surface area contributed by atoms with E-state index in [9.17, 15) is 9.90 Å². The number of hydrogen-bond acceptors (Lipinski definition) is 2. The van der Waals surface area contributed by atoms with Gasteiger partial charge in [0.1, 0.15) is 5.60 Å². The van der Waals surface area contributed by atoms with Crippen LogP contribution in [0.2, 0.25) is 10.0 Å². The standard InChI is InChI=1S/C13H14Cl2O2/c14-10-3-4-11(15)9(7-10)8-12(16)13(17)5-1-2-6-13/h3-4,7,17H,1-2,5-6,8H2. The summed E-state index contributed by atoms with van der Waals surface area (Å²) in [5.74, 6) is -0.154. The van der Waals surface area contributed by atoms with Gasteiger partial charge in [-0.05, 0) is 49.4 Å². The molecular weight excluding hydrogens is 259 g/mol. The van der Waals surface area contributed by atoms with Gasteiger partial charge in [0.15, 0.2) is 5.78 Å². The number of halogens is 2. The fourth-order valence-electron chi connectivity index (χ4n) is 2.26. The van der Waals surface area contributed by atoms with Gasteiger partial charge in [0.25, 0.3) is 0 Å². The zero-order chi connectivity index (χ0) is 12.5. The van der Waals surface area contributed by atoms with E-state index in [0.717, 1.165) is 12.8 Å². The van der Waals surface area contributed by atoms with Gasteiger partial charge in [-0.25, -0.2) is 0 Å². The van der Waals surface area contributed by atoms with Gasteiger partial charge in [0.2, 0.25) is 0 Å². The van der Waals surface area contributed by atoms with Crippen LogP contribution in [0.25, 0.3) is 0 Å². The van der Waals surface area contributed by atoms with Crippen molar-refractivity contribution < 1.29 is 9.90 Å². The van der Waals surface area contributed by atoms with Gasteiger partial charge >= 0.3 is 0 Å². The van der Waals surface area contributed by atoms with Crippen LogP contribution in [0.3, 0.4) is 0 Å². The highest BCUT2D eigenvalue weighted by atomic mass is 35.5. The summed E-state index contributed by atoms with van der Waals surface area (Å²) in [6.45, 7) is 0. The number of Topliss-reactive ketones (excluding diaryl/α,β-unsaturated/α-hetero) is 1. The van der Waals surface area contributed by atoms with Crippen molar-refractivity contribution in [1.82, 2.24) is 0 Å². The van der Waals surface area contributed by atoms with Crippen molar-refractivity contribution in [2.24, 2.45) is 0 Å². The maximum atomic E-state index is 12.0. The molecule has 1 aromatic carbocycles. The van der Waals surface area contributed by atoms with Crippen molar-refractivity contribution in [3.05, 3.63) is 33.8 Å². The molecule has 0 unspecified atom stereocenters. The highest BCUT2D eigenvalue weighted by molar-refractivity contribution is 6.33. The van der Waals surface area contributed by atoms with E-state index in [1.54, 1.807) is 18.2 Å². The number of ketones is 1. The lowest BCUT2D eigenvalue weighted by Crippen LogP contribution is -2.36. The summed E-state index contributed by atoms with van der Waals surface area (Å²) in [7, 11) is 0. The van der Waals surface area contributed by atoms with E-state index in [-0.39, 0.29) is 12.2 Å². The molecule has 0 radical (unpaired) electrons. The normalized spacial score (nSPS) is 18.3. The largest absolute Gasteiger partial charge is 0.382 e. The third-order valence-electron chi connectivity index (χ3n) is 3.31. The number of benzene rings is 1. The molecule has 0 saturated heterocycles. The van der Waals surface area contributed by atoms with Gasteiger partial charge < -0.3 is 5.11 Å². The number of aliphatic hydroxyl groups is 1. The number of hydrogen-bond donors (Lipinski definition) is 1. The lowest BCUT2D eigenvalue weighted by Gasteiger charge is -2.20. The Balaban J connectivity index is 2.15. The fraction of sp³-hybridized carbons (Fsp3) is 0.462. The molecule has 0 bridgehead atoms. The quantitative estimate of drug-likeness (QED) is 0.916. The van der Waals surface area contributed by atoms with Crippen LogP contribution in [-0.4, -0.2) is 16.5 Å². The molecule has 0 aromatic heterocycles. The highest BCUT2D eigenvalue weighted by Gasteiger charge is 2.38. The molecule has 2 rings (SSSR count). The first kappa shape index (κ1) is 12.9. The van der Waals surface area contributed by atoms with Crippen LogP contribution in [0.1, 0.15) is 31.2 Å². The van der Waals surface area contributed by atoms with Crippen molar-refractivity contribution in [1.29, 1.82) is 0 Å². The van der Waals surface area contributed by atoms with Crippen molar-refractivity contribution in [3.8, 4) is 0 Å². The molecular formula is C13H14Cl2O2. The second-order valence-electron chi connectivity index (χ2n) is 4.57. The third kappa shape index (κ3) is 2.82. The second-order valence-corrected chi connectivity index (χ2v) is 5.42. The minimum absolute atomic E-state index is 0.149. The van der Waals surface area contributed by atoms with Gasteiger partial charge in [-0.2, -0.15) is 0 Å². The number of carbonyl (C=O) groups excluding carboxylic acids is 1. The lowest BCUT2D eigenvalue weighted by atomic mass is 9.92. The number of carbonyl (C=O) groups is 1. The Hall–Kier alpha value is -0.570. The zero-order valence-corrected chi connectivity index (χ0v) is 10.9. The van der Waals surface area contributed by atoms with Gasteiger partial charge in [-0.1, -0.05) is 23.2 Å². The second kappa shape index (κ2) is 4.97. The van der Waals surface area contributed by atoms with Crippen LogP contribution in [0.4, 0.5) is 0 Å². The molecule has 0 amide bonds. The topological polar surface area (TPSA) is 37.3 Å². The van der Waals surface area contributed by atoms with Crippen LogP contribution >= 0.6 is 23.2 Å². The minimum Gasteiger partial charge on any atom is -0.382 e. The molecule has 1 N–H and O–H groups in total. The number of rotatable bonds is 3. The molecule has 0 spiro atoms. The molecule has 2 nitrogen and oxygen atoms in total. The van der Waals surface area contributed by atoms with Crippen LogP contribution < -0.4 is 0 Å². The first-order valence-corrected chi connectivity index (χ1v) is 6.46. The Kier molecular flexibility index (Phi) is 3.76. The summed E-state index contributed by atoms with van der Waals surface area (Å²) in [5, 5.41) is 11.2. The van der Waals surface area contributed by atoms with E-state index in [1.807, 2.05) is 0 Å². The van der Waals surface area contributed by atoms with Gasteiger partial charge in [0.05, 0.1) is 0 Å². The monoisotopic (exact) mass is 272 g/mol. The van der Waals surface area contributed by atoms with E-state index in [0.29, 0.717) is 28.5 Å². The summed E-state index contributed by atoms with van der Waals surface area (Å²) in [5.41, 5.74) is -0.462. The smallest absolute Gasteiger partial charge is 0.168 e. The molecule has 1 aromatic rings. The van der Waals surface area contributed by atoms with Crippen molar-refractivity contribution in [2.75, 3.05) is 0 Å². The summed E-state index contributed by atoms with van der Waals surface area (Å²) in [4.78, 5) is 12.0. The summed E-state index contributed by atoms with van der Waals surface area (Å²) >= 11 is 11.9. The SMILES string of the molecule is O=C(Cc1cc(Cl)ccc1Cl)C1(O)CCCC1. The summed E-state index contributed by atoms with van der Waals surface area (Å²) in [6.07, 6.45) is 3.08. The molecule has 17 heavy (non-hydrogen) atoms. The van der Waals surface area contributed by atoms with Gasteiger partial charge in [-0.3, -0.25) is 4.79 Å². The van der Waals surface area contributed by atoms with Crippen molar-refractivity contribution in [2.45, 2.75) is 37.7 Å². The Morgan fingerprint density at radius 3 is 2.59 bits per heavy atom. The molecule has 0 aliphatic heterocycles. The molecule has 4 heteroatoms. The molecule has 1 aliphatic rings. The van der Waals surface area contributed by atoms with Crippen molar-refractivity contribution in [3.63, 3.8) is 0 Å². The Morgan fingerprint density at radius 2 is 1.94 bits per heavy atom.